The maximum Gasteiger partial charge on any atom is 0.378 e. The molecule has 2 aromatic carbocycles. The van der Waals surface area contributed by atoms with Crippen molar-refractivity contribution in [3.8, 4) is 5.75 Å². The molecule has 138 valence electrons. The molecule has 0 amide bonds. The van der Waals surface area contributed by atoms with Crippen LogP contribution in [0.2, 0.25) is 0 Å². The van der Waals surface area contributed by atoms with Crippen LogP contribution < -0.4 is 20.7 Å². The first-order valence-electron chi connectivity index (χ1n) is 8.14. The summed E-state index contributed by atoms with van der Waals surface area (Å²) in [5, 5.41) is 12.3. The zero-order valence-corrected chi connectivity index (χ0v) is 15.3. The first-order chi connectivity index (χ1) is 13.2. The largest absolute Gasteiger partial charge is 0.494 e. The van der Waals surface area contributed by atoms with Crippen LogP contribution in [-0.2, 0) is 9.63 Å². The molecule has 1 aliphatic rings. The maximum absolute atomic E-state index is 11.9. The van der Waals surface area contributed by atoms with Crippen molar-refractivity contribution in [2.75, 3.05) is 16.9 Å². The molecule has 3 rings (SSSR count). The Labute approximate surface area is 161 Å². The molecule has 1 heterocycles. The van der Waals surface area contributed by atoms with Gasteiger partial charge in [0, 0.05) is 5.69 Å². The van der Waals surface area contributed by atoms with Gasteiger partial charge in [-0.25, -0.2) is 9.80 Å². The molecule has 0 aliphatic carbocycles. The fraction of sp³-hybridized carbons (Fsp3) is 0.111. The number of azo groups is 1. The Morgan fingerprint density at radius 1 is 1.26 bits per heavy atom. The van der Waals surface area contributed by atoms with Crippen molar-refractivity contribution in [1.82, 2.24) is 5.59 Å². The molecule has 1 aliphatic heterocycles. The van der Waals surface area contributed by atoms with Crippen molar-refractivity contribution in [2.45, 2.75) is 6.92 Å². The van der Waals surface area contributed by atoms with Crippen LogP contribution in [0.15, 0.2) is 76.7 Å². The first-order valence-corrected chi connectivity index (χ1v) is 8.55. The molecular weight excluding hydrogens is 366 g/mol. The number of ether oxygens (including phenoxy) is 1. The Kier molecular flexibility index (Phi) is 6.08. The standard InChI is InChI=1S/C18H17N5O3S/c1-2-25-15-10-8-14(9-11-15)23-16(17(24)26-22-23)12-19-21-18(27)20-13-6-4-3-5-7-13/h3-12,22H,2H2,1H3,(H,20,27). The number of carbonyl (C=O) groups excluding carboxylic acids is 1. The molecule has 1 fully saturated rings. The smallest absolute Gasteiger partial charge is 0.378 e. The van der Waals surface area contributed by atoms with E-state index in [1.807, 2.05) is 37.3 Å². The summed E-state index contributed by atoms with van der Waals surface area (Å²) < 4.78 is 5.40. The zero-order valence-electron chi connectivity index (χ0n) is 14.5. The van der Waals surface area contributed by atoms with Crippen molar-refractivity contribution < 1.29 is 14.4 Å². The summed E-state index contributed by atoms with van der Waals surface area (Å²) in [6.45, 7) is 2.48. The second-order valence-electron chi connectivity index (χ2n) is 5.27. The van der Waals surface area contributed by atoms with Crippen LogP contribution in [0.25, 0.3) is 0 Å². The highest BCUT2D eigenvalue weighted by molar-refractivity contribution is 7.80. The van der Waals surface area contributed by atoms with E-state index < -0.39 is 5.97 Å². The highest BCUT2D eigenvalue weighted by atomic mass is 32.1. The highest BCUT2D eigenvalue weighted by Crippen LogP contribution is 2.24. The quantitative estimate of drug-likeness (QED) is 0.464. The van der Waals surface area contributed by atoms with Gasteiger partial charge in [-0.05, 0) is 55.5 Å². The first kappa shape index (κ1) is 18.5. The number of carbonyl (C=O) groups is 1. The summed E-state index contributed by atoms with van der Waals surface area (Å²) >= 11 is 5.11. The molecule has 2 aromatic rings. The van der Waals surface area contributed by atoms with Gasteiger partial charge in [0.25, 0.3) is 0 Å². The van der Waals surface area contributed by atoms with Crippen LogP contribution in [0.4, 0.5) is 11.4 Å². The monoisotopic (exact) mass is 383 g/mol. The van der Waals surface area contributed by atoms with Crippen LogP contribution in [0, 0.1) is 0 Å². The number of rotatable bonds is 5. The molecule has 27 heavy (non-hydrogen) atoms. The van der Waals surface area contributed by atoms with Gasteiger partial charge in [-0.3, -0.25) is 0 Å². The number of thiocarbonyl (C=S) groups is 1. The molecule has 0 radical (unpaired) electrons. The van der Waals surface area contributed by atoms with Crippen molar-refractivity contribution in [3.05, 3.63) is 66.5 Å². The second-order valence-corrected chi connectivity index (χ2v) is 5.66. The minimum Gasteiger partial charge on any atom is -0.494 e. The van der Waals surface area contributed by atoms with E-state index in [9.17, 15) is 4.79 Å². The number of para-hydroxylation sites is 1. The zero-order chi connectivity index (χ0) is 19.1. The number of hydrogen-bond acceptors (Lipinski definition) is 7. The van der Waals surface area contributed by atoms with Gasteiger partial charge in [-0.1, -0.05) is 23.8 Å². The van der Waals surface area contributed by atoms with Gasteiger partial charge >= 0.3 is 5.97 Å². The molecule has 2 N–H and O–H groups in total. The van der Waals surface area contributed by atoms with E-state index in [1.54, 1.807) is 24.3 Å². The Bertz CT molecular complexity index is 868. The Hall–Kier alpha value is -3.30. The lowest BCUT2D eigenvalue weighted by atomic mass is 10.3. The maximum atomic E-state index is 11.9. The summed E-state index contributed by atoms with van der Waals surface area (Å²) in [6.07, 6.45) is 1.28. The molecule has 0 bridgehead atoms. The van der Waals surface area contributed by atoms with Crippen molar-refractivity contribution in [3.63, 3.8) is 0 Å². The van der Waals surface area contributed by atoms with Crippen LogP contribution in [0.1, 0.15) is 6.92 Å². The van der Waals surface area contributed by atoms with Gasteiger partial charge < -0.3 is 14.9 Å². The lowest BCUT2D eigenvalue weighted by Crippen LogP contribution is -2.28. The normalized spacial score (nSPS) is 15.2. The van der Waals surface area contributed by atoms with E-state index in [-0.39, 0.29) is 10.8 Å². The van der Waals surface area contributed by atoms with Crippen LogP contribution in [0.5, 0.6) is 5.75 Å². The van der Waals surface area contributed by atoms with Crippen molar-refractivity contribution in [1.29, 1.82) is 0 Å². The van der Waals surface area contributed by atoms with E-state index in [1.165, 1.54) is 11.2 Å². The predicted octanol–water partition coefficient (Wildman–Crippen LogP) is 3.56. The summed E-state index contributed by atoms with van der Waals surface area (Å²) in [7, 11) is 0. The lowest BCUT2D eigenvalue weighted by Gasteiger charge is -2.15. The molecule has 0 aromatic heterocycles. The van der Waals surface area contributed by atoms with Crippen molar-refractivity contribution in [2.24, 2.45) is 10.2 Å². The number of nitrogens with zero attached hydrogens (tertiary/aromatic N) is 3. The summed E-state index contributed by atoms with van der Waals surface area (Å²) in [4.78, 5) is 16.8. The SMILES string of the molecule is CCOc1ccc(N2NOC(=O)C2=CN=NC(=S)Nc2ccccc2)cc1. The van der Waals surface area contributed by atoms with Gasteiger partial charge in [0.1, 0.15) is 5.75 Å². The molecule has 1 saturated heterocycles. The Morgan fingerprint density at radius 2 is 2.00 bits per heavy atom. The number of hydrazine groups is 1. The summed E-state index contributed by atoms with van der Waals surface area (Å²) in [6, 6.07) is 16.5. The third-order valence-electron chi connectivity index (χ3n) is 3.44. The van der Waals surface area contributed by atoms with E-state index in [2.05, 4.69) is 21.1 Å². The molecule has 0 saturated carbocycles. The summed E-state index contributed by atoms with van der Waals surface area (Å²) in [5.74, 6) is 0.153. The van der Waals surface area contributed by atoms with E-state index in [0.717, 1.165) is 11.4 Å². The average molecular weight is 383 g/mol. The van der Waals surface area contributed by atoms with E-state index >= 15 is 0 Å². The van der Waals surface area contributed by atoms with Gasteiger partial charge in [-0.15, -0.1) is 5.11 Å². The third-order valence-corrected chi connectivity index (χ3v) is 3.62. The molecule has 9 heteroatoms. The number of anilines is 2. The fourth-order valence-electron chi connectivity index (χ4n) is 2.25. The average Bonchev–Trinajstić information content (AvgIpc) is 3.04. The minimum absolute atomic E-state index is 0.171. The molecule has 0 unspecified atom stereocenters. The minimum atomic E-state index is -0.579. The van der Waals surface area contributed by atoms with Gasteiger partial charge in [0.15, 0.2) is 5.70 Å². The van der Waals surface area contributed by atoms with Gasteiger partial charge in [0.2, 0.25) is 5.11 Å². The van der Waals surface area contributed by atoms with E-state index in [0.29, 0.717) is 12.3 Å². The second kappa shape index (κ2) is 8.88. The molecule has 8 nitrogen and oxygen atoms in total. The van der Waals surface area contributed by atoms with Crippen LogP contribution in [0.3, 0.4) is 0 Å². The Balaban J connectivity index is 1.69. The van der Waals surface area contributed by atoms with Crippen molar-refractivity contribution >= 4 is 34.7 Å². The molecule has 0 spiro atoms. The molecular formula is C18H17N5O3S. The highest BCUT2D eigenvalue weighted by Gasteiger charge is 2.29. The topological polar surface area (TPSA) is 87.6 Å². The third kappa shape index (κ3) is 4.87. The van der Waals surface area contributed by atoms with E-state index in [4.69, 9.17) is 21.8 Å². The lowest BCUT2D eigenvalue weighted by molar-refractivity contribution is -0.140. The predicted molar refractivity (Wildman–Crippen MR) is 105 cm³/mol. The van der Waals surface area contributed by atoms with Crippen LogP contribution >= 0.6 is 12.2 Å². The number of benzene rings is 2. The summed E-state index contributed by atoms with van der Waals surface area (Å²) in [5.41, 5.74) is 4.17. The number of hydrogen-bond donors (Lipinski definition) is 2. The number of nitrogens with one attached hydrogen (secondary N) is 2. The fourth-order valence-corrected chi connectivity index (χ4v) is 2.41. The van der Waals surface area contributed by atoms with Gasteiger partial charge in [0.05, 0.1) is 18.5 Å². The van der Waals surface area contributed by atoms with Gasteiger partial charge in [-0.2, -0.15) is 5.11 Å². The molecule has 0 atom stereocenters. The van der Waals surface area contributed by atoms with Crippen LogP contribution in [-0.4, -0.2) is 17.7 Å². The Morgan fingerprint density at radius 3 is 2.70 bits per heavy atom.